The van der Waals surface area contributed by atoms with E-state index >= 15 is 0 Å². The van der Waals surface area contributed by atoms with Crippen LogP contribution >= 0.6 is 11.8 Å². The quantitative estimate of drug-likeness (QED) is 0.496. The fourth-order valence-electron chi connectivity index (χ4n) is 2.14. The minimum absolute atomic E-state index is 0.166. The molecule has 0 spiro atoms. The Morgan fingerprint density at radius 1 is 1.11 bits per heavy atom. The largest absolute Gasteiger partial charge is 0.329 e. The van der Waals surface area contributed by atoms with Gasteiger partial charge in [0.25, 0.3) is 5.91 Å². The molecule has 9 heteroatoms. The van der Waals surface area contributed by atoms with Crippen molar-refractivity contribution in [2.45, 2.75) is 25.4 Å². The lowest BCUT2D eigenvalue weighted by Gasteiger charge is -2.09. The van der Waals surface area contributed by atoms with E-state index in [1.54, 1.807) is 30.5 Å². The molecule has 2 rings (SSSR count). The van der Waals surface area contributed by atoms with Gasteiger partial charge in [0.1, 0.15) is 0 Å². The molecule has 27 heavy (non-hydrogen) atoms. The lowest BCUT2D eigenvalue weighted by Crippen LogP contribution is -2.42. The normalized spacial score (nSPS) is 10.5. The van der Waals surface area contributed by atoms with E-state index in [2.05, 4.69) is 21.2 Å². The summed E-state index contributed by atoms with van der Waals surface area (Å²) in [6, 6.07) is 6.42. The lowest BCUT2D eigenvalue weighted by atomic mass is 10.1. The third-order valence-corrected chi connectivity index (χ3v) is 4.51. The van der Waals surface area contributed by atoms with Gasteiger partial charge >= 0.3 is 0 Å². The van der Waals surface area contributed by atoms with Crippen LogP contribution in [-0.2, 0) is 16.6 Å². The van der Waals surface area contributed by atoms with Crippen LogP contribution in [0.25, 0.3) is 0 Å². The monoisotopic (exact) mass is 389 g/mol. The topological polar surface area (TPSA) is 105 Å². The smallest absolute Gasteiger partial charge is 0.269 e. The minimum atomic E-state index is -0.421. The number of imidazole rings is 1. The number of amides is 3. The SMILES string of the molecule is CC(C)CC(=O)NNC(=O)c1ccc(NC(=O)CSc2nccn2C)cc1. The van der Waals surface area contributed by atoms with E-state index in [9.17, 15) is 14.4 Å². The van der Waals surface area contributed by atoms with Crippen LogP contribution in [-0.4, -0.2) is 33.0 Å². The van der Waals surface area contributed by atoms with E-state index in [0.29, 0.717) is 17.7 Å². The van der Waals surface area contributed by atoms with Crippen LogP contribution in [0.5, 0.6) is 0 Å². The number of carbonyl (C=O) groups excluding carboxylic acids is 3. The third kappa shape index (κ3) is 6.78. The van der Waals surface area contributed by atoms with Crippen molar-refractivity contribution in [3.05, 3.63) is 42.2 Å². The van der Waals surface area contributed by atoms with Crippen LogP contribution in [0.3, 0.4) is 0 Å². The number of carbonyl (C=O) groups is 3. The molecule has 0 radical (unpaired) electrons. The molecule has 1 aromatic heterocycles. The maximum atomic E-state index is 12.0. The Balaban J connectivity index is 1.80. The summed E-state index contributed by atoms with van der Waals surface area (Å²) in [6.45, 7) is 3.84. The van der Waals surface area contributed by atoms with Crippen molar-refractivity contribution < 1.29 is 14.4 Å². The first-order valence-electron chi connectivity index (χ1n) is 8.44. The zero-order chi connectivity index (χ0) is 19.8. The Morgan fingerprint density at radius 2 is 1.81 bits per heavy atom. The number of hydrazine groups is 1. The number of hydrogen-bond donors (Lipinski definition) is 3. The van der Waals surface area contributed by atoms with Crippen molar-refractivity contribution in [2.24, 2.45) is 13.0 Å². The molecular weight excluding hydrogens is 366 g/mol. The van der Waals surface area contributed by atoms with Crippen molar-refractivity contribution in [1.29, 1.82) is 0 Å². The fourth-order valence-corrected chi connectivity index (χ4v) is 2.88. The number of hydrogen-bond acceptors (Lipinski definition) is 5. The molecular formula is C18H23N5O3S. The van der Waals surface area contributed by atoms with Gasteiger partial charge in [0.05, 0.1) is 5.75 Å². The van der Waals surface area contributed by atoms with Gasteiger partial charge in [-0.2, -0.15) is 0 Å². The molecule has 0 unspecified atom stereocenters. The molecule has 0 fully saturated rings. The van der Waals surface area contributed by atoms with Gasteiger partial charge in [-0.25, -0.2) is 4.98 Å². The summed E-state index contributed by atoms with van der Waals surface area (Å²) < 4.78 is 1.84. The van der Waals surface area contributed by atoms with Crippen LogP contribution < -0.4 is 16.2 Å². The molecule has 1 heterocycles. The van der Waals surface area contributed by atoms with Crippen molar-refractivity contribution in [1.82, 2.24) is 20.4 Å². The molecule has 2 aromatic rings. The Kier molecular flexibility index (Phi) is 7.42. The molecule has 0 atom stereocenters. The summed E-state index contributed by atoms with van der Waals surface area (Å²) in [5.41, 5.74) is 5.70. The first kappa shape index (κ1) is 20.5. The van der Waals surface area contributed by atoms with E-state index < -0.39 is 5.91 Å². The van der Waals surface area contributed by atoms with Gasteiger partial charge in [0.2, 0.25) is 11.8 Å². The van der Waals surface area contributed by atoms with Crippen molar-refractivity contribution in [2.75, 3.05) is 11.1 Å². The van der Waals surface area contributed by atoms with E-state index in [-0.39, 0.29) is 23.5 Å². The summed E-state index contributed by atoms with van der Waals surface area (Å²) in [4.78, 5) is 39.7. The maximum Gasteiger partial charge on any atom is 0.269 e. The molecule has 0 aliphatic heterocycles. The number of aryl methyl sites for hydroxylation is 1. The van der Waals surface area contributed by atoms with Gasteiger partial charge in [-0.3, -0.25) is 25.2 Å². The summed E-state index contributed by atoms with van der Waals surface area (Å²) in [6.07, 6.45) is 3.83. The highest BCUT2D eigenvalue weighted by molar-refractivity contribution is 7.99. The molecule has 0 saturated carbocycles. The molecule has 3 N–H and O–H groups in total. The predicted molar refractivity (Wildman–Crippen MR) is 104 cm³/mol. The highest BCUT2D eigenvalue weighted by Crippen LogP contribution is 2.15. The number of nitrogens with one attached hydrogen (secondary N) is 3. The second-order valence-electron chi connectivity index (χ2n) is 6.34. The lowest BCUT2D eigenvalue weighted by molar-refractivity contribution is -0.122. The maximum absolute atomic E-state index is 12.0. The van der Waals surface area contributed by atoms with Gasteiger partial charge in [-0.15, -0.1) is 0 Å². The number of benzene rings is 1. The molecule has 0 bridgehead atoms. The average Bonchev–Trinajstić information content (AvgIpc) is 3.03. The molecule has 8 nitrogen and oxygen atoms in total. The molecule has 0 aliphatic rings. The molecule has 3 amide bonds. The summed E-state index contributed by atoms with van der Waals surface area (Å²) >= 11 is 1.34. The Labute approximate surface area is 162 Å². The van der Waals surface area contributed by atoms with Crippen molar-refractivity contribution in [3.8, 4) is 0 Å². The van der Waals surface area contributed by atoms with Gasteiger partial charge < -0.3 is 9.88 Å². The van der Waals surface area contributed by atoms with Crippen molar-refractivity contribution >= 4 is 35.2 Å². The zero-order valence-corrected chi connectivity index (χ0v) is 16.3. The third-order valence-electron chi connectivity index (χ3n) is 3.45. The molecule has 144 valence electrons. The van der Waals surface area contributed by atoms with Crippen LogP contribution in [0.4, 0.5) is 5.69 Å². The van der Waals surface area contributed by atoms with Crippen molar-refractivity contribution in [3.63, 3.8) is 0 Å². The molecule has 0 saturated heterocycles. The number of thioether (sulfide) groups is 1. The van der Waals surface area contributed by atoms with E-state index in [4.69, 9.17) is 0 Å². The highest BCUT2D eigenvalue weighted by Gasteiger charge is 2.10. The first-order chi connectivity index (χ1) is 12.8. The fraction of sp³-hybridized carbons (Fsp3) is 0.333. The Hall–Kier alpha value is -2.81. The Morgan fingerprint density at radius 3 is 2.41 bits per heavy atom. The van der Waals surface area contributed by atoms with E-state index in [1.165, 1.54) is 11.8 Å². The van der Waals surface area contributed by atoms with Crippen LogP contribution in [0.1, 0.15) is 30.6 Å². The molecule has 0 aliphatic carbocycles. The highest BCUT2D eigenvalue weighted by atomic mass is 32.2. The number of aromatic nitrogens is 2. The zero-order valence-electron chi connectivity index (χ0n) is 15.5. The van der Waals surface area contributed by atoms with Gasteiger partial charge in [-0.1, -0.05) is 25.6 Å². The van der Waals surface area contributed by atoms with Crippen LogP contribution in [0.2, 0.25) is 0 Å². The summed E-state index contributed by atoms with van der Waals surface area (Å²) in [7, 11) is 1.86. The van der Waals surface area contributed by atoms with Crippen LogP contribution in [0.15, 0.2) is 41.8 Å². The summed E-state index contributed by atoms with van der Waals surface area (Å²) in [5.74, 6) is -0.390. The Bertz CT molecular complexity index is 802. The second-order valence-corrected chi connectivity index (χ2v) is 7.28. The van der Waals surface area contributed by atoms with Gasteiger partial charge in [0.15, 0.2) is 5.16 Å². The van der Waals surface area contributed by atoms with Gasteiger partial charge in [-0.05, 0) is 30.2 Å². The average molecular weight is 389 g/mol. The predicted octanol–water partition coefficient (Wildman–Crippen LogP) is 1.96. The minimum Gasteiger partial charge on any atom is -0.329 e. The van der Waals surface area contributed by atoms with Crippen LogP contribution in [0, 0.1) is 5.92 Å². The van der Waals surface area contributed by atoms with E-state index in [1.807, 2.05) is 31.7 Å². The molecule has 1 aromatic carbocycles. The van der Waals surface area contributed by atoms with Gasteiger partial charge in [0, 0.05) is 37.1 Å². The summed E-state index contributed by atoms with van der Waals surface area (Å²) in [5, 5.41) is 3.52. The van der Waals surface area contributed by atoms with E-state index in [0.717, 1.165) is 5.16 Å². The second kappa shape index (κ2) is 9.77. The first-order valence-corrected chi connectivity index (χ1v) is 9.43. The number of nitrogens with zero attached hydrogens (tertiary/aromatic N) is 2. The number of rotatable bonds is 7. The standard InChI is InChI=1S/C18H23N5O3S/c1-12(2)10-15(24)21-22-17(26)13-4-6-14(7-5-13)20-16(25)11-27-18-19-8-9-23(18)3/h4-9,12H,10-11H2,1-3H3,(H,20,25)(H,21,24)(H,22,26). The number of anilines is 1.